The van der Waals surface area contributed by atoms with Crippen LogP contribution in [0.2, 0.25) is 0 Å². The summed E-state index contributed by atoms with van der Waals surface area (Å²) in [7, 11) is 0. The van der Waals surface area contributed by atoms with Crippen LogP contribution in [0, 0.1) is 5.41 Å². The molecule has 3 heteroatoms. The van der Waals surface area contributed by atoms with Gasteiger partial charge in [-0.2, -0.15) is 0 Å². The summed E-state index contributed by atoms with van der Waals surface area (Å²) in [5.74, 6) is 1.34. The minimum Gasteiger partial charge on any atom is -0.488 e. The van der Waals surface area contributed by atoms with Crippen LogP contribution in [-0.2, 0) is 10.2 Å². The Morgan fingerprint density at radius 3 is 1.52 bits per heavy atom. The summed E-state index contributed by atoms with van der Waals surface area (Å²) in [5.41, 5.74) is 1.70. The Morgan fingerprint density at radius 2 is 1.13 bits per heavy atom. The van der Waals surface area contributed by atoms with Gasteiger partial charge in [-0.15, -0.1) is 0 Å². The third-order valence-electron chi connectivity index (χ3n) is 7.20. The predicted octanol–water partition coefficient (Wildman–Crippen LogP) is 7.70. The molecule has 0 bridgehead atoms. The predicted molar refractivity (Wildman–Crippen MR) is 129 cm³/mol. The number of ether oxygens (including phenoxy) is 2. The largest absolute Gasteiger partial charge is 0.488 e. The van der Waals surface area contributed by atoms with Gasteiger partial charge < -0.3 is 9.47 Å². The Kier molecular flexibility index (Phi) is 7.97. The summed E-state index contributed by atoms with van der Waals surface area (Å²) >= 11 is 0. The molecule has 0 radical (unpaired) electrons. The lowest BCUT2D eigenvalue weighted by Crippen LogP contribution is -2.30. The van der Waals surface area contributed by atoms with E-state index < -0.39 is 5.41 Å². The highest BCUT2D eigenvalue weighted by molar-refractivity contribution is 5.78. The van der Waals surface area contributed by atoms with E-state index in [1.54, 1.807) is 0 Å². The smallest absolute Gasteiger partial charge is 0.317 e. The Morgan fingerprint density at radius 1 is 0.677 bits per heavy atom. The SMILES string of the molecule is CCC(C)(C)Oc1ccc(C(C)(CC)c2ccc(OC(=O)C(C)(CC)CC)cc2)cc1. The van der Waals surface area contributed by atoms with Gasteiger partial charge in [0.1, 0.15) is 17.1 Å². The normalized spacial score (nSPS) is 14.1. The highest BCUT2D eigenvalue weighted by Gasteiger charge is 2.32. The van der Waals surface area contributed by atoms with Gasteiger partial charge in [-0.25, -0.2) is 0 Å². The Hall–Kier alpha value is -2.29. The van der Waals surface area contributed by atoms with Crippen LogP contribution in [-0.4, -0.2) is 11.6 Å². The summed E-state index contributed by atoms with van der Waals surface area (Å²) in [5, 5.41) is 0. The van der Waals surface area contributed by atoms with E-state index in [9.17, 15) is 4.79 Å². The van der Waals surface area contributed by atoms with Gasteiger partial charge in [0.15, 0.2) is 0 Å². The van der Waals surface area contributed by atoms with Crippen molar-refractivity contribution in [2.75, 3.05) is 0 Å². The maximum atomic E-state index is 12.6. The summed E-state index contributed by atoms with van der Waals surface area (Å²) in [6.45, 7) is 16.8. The lowest BCUT2D eigenvalue weighted by atomic mass is 9.74. The van der Waals surface area contributed by atoms with Crippen molar-refractivity contribution in [3.63, 3.8) is 0 Å². The molecule has 0 amide bonds. The van der Waals surface area contributed by atoms with Crippen LogP contribution in [0.25, 0.3) is 0 Å². The minimum absolute atomic E-state index is 0.136. The third kappa shape index (κ3) is 5.70. The van der Waals surface area contributed by atoms with E-state index in [0.717, 1.165) is 31.4 Å². The number of rotatable bonds is 10. The summed E-state index contributed by atoms with van der Waals surface area (Å²) < 4.78 is 11.8. The number of hydrogen-bond donors (Lipinski definition) is 0. The molecule has 2 rings (SSSR count). The number of carbonyl (C=O) groups is 1. The molecule has 1 unspecified atom stereocenters. The van der Waals surface area contributed by atoms with Gasteiger partial charge in [0.05, 0.1) is 5.41 Å². The molecule has 3 nitrogen and oxygen atoms in total. The van der Waals surface area contributed by atoms with Gasteiger partial charge in [-0.05, 0) is 81.8 Å². The first-order valence-electron chi connectivity index (χ1n) is 11.7. The average molecular weight is 425 g/mol. The van der Waals surface area contributed by atoms with Gasteiger partial charge in [-0.3, -0.25) is 4.79 Å². The van der Waals surface area contributed by atoms with Gasteiger partial charge in [-0.1, -0.05) is 58.9 Å². The fourth-order valence-corrected chi connectivity index (χ4v) is 3.52. The van der Waals surface area contributed by atoms with E-state index in [-0.39, 0.29) is 17.0 Å². The first-order chi connectivity index (χ1) is 14.5. The van der Waals surface area contributed by atoms with Crippen molar-refractivity contribution in [1.82, 2.24) is 0 Å². The molecule has 31 heavy (non-hydrogen) atoms. The highest BCUT2D eigenvalue weighted by atomic mass is 16.5. The summed E-state index contributed by atoms with van der Waals surface area (Å²) in [6.07, 6.45) is 3.44. The molecule has 0 fully saturated rings. The topological polar surface area (TPSA) is 35.5 Å². The first kappa shape index (κ1) is 25.0. The summed E-state index contributed by atoms with van der Waals surface area (Å²) in [4.78, 5) is 12.6. The third-order valence-corrected chi connectivity index (χ3v) is 7.20. The molecule has 0 aliphatic heterocycles. The van der Waals surface area contributed by atoms with Crippen molar-refractivity contribution in [3.05, 3.63) is 59.7 Å². The maximum Gasteiger partial charge on any atom is 0.317 e. The van der Waals surface area contributed by atoms with Crippen LogP contribution in [0.4, 0.5) is 0 Å². The number of esters is 1. The fraction of sp³-hybridized carbons (Fsp3) is 0.536. The number of benzene rings is 2. The lowest BCUT2D eigenvalue weighted by molar-refractivity contribution is -0.145. The zero-order valence-corrected chi connectivity index (χ0v) is 20.7. The van der Waals surface area contributed by atoms with Crippen LogP contribution < -0.4 is 9.47 Å². The van der Waals surface area contributed by atoms with Crippen LogP contribution >= 0.6 is 0 Å². The molecule has 0 saturated heterocycles. The number of hydrogen-bond acceptors (Lipinski definition) is 3. The molecule has 2 aromatic carbocycles. The summed E-state index contributed by atoms with van der Waals surface area (Å²) in [6, 6.07) is 16.4. The molecule has 0 aliphatic rings. The van der Waals surface area contributed by atoms with Crippen LogP contribution in [0.15, 0.2) is 48.5 Å². The van der Waals surface area contributed by atoms with E-state index in [1.165, 1.54) is 11.1 Å². The van der Waals surface area contributed by atoms with Crippen molar-refractivity contribution >= 4 is 5.97 Å². The standard InChI is InChI=1S/C28H40O3/c1-9-26(5,6)31-24-19-15-22(16-20-24)28(8,12-4)21-13-17-23(18-14-21)30-25(29)27(7,10-2)11-3/h13-20H,9-12H2,1-8H3. The van der Waals surface area contributed by atoms with Crippen molar-refractivity contribution in [2.45, 2.75) is 92.1 Å². The first-order valence-corrected chi connectivity index (χ1v) is 11.7. The Balaban J connectivity index is 2.22. The number of carbonyl (C=O) groups excluding carboxylic acids is 1. The van der Waals surface area contributed by atoms with Crippen molar-refractivity contribution in [1.29, 1.82) is 0 Å². The van der Waals surface area contributed by atoms with E-state index in [1.807, 2.05) is 32.9 Å². The second kappa shape index (κ2) is 9.89. The molecule has 0 saturated carbocycles. The second-order valence-corrected chi connectivity index (χ2v) is 9.61. The molecule has 0 heterocycles. The molecule has 2 aromatic rings. The molecule has 170 valence electrons. The second-order valence-electron chi connectivity index (χ2n) is 9.61. The average Bonchev–Trinajstić information content (AvgIpc) is 2.78. The van der Waals surface area contributed by atoms with Crippen molar-refractivity contribution in [2.24, 2.45) is 5.41 Å². The van der Waals surface area contributed by atoms with Crippen LogP contribution in [0.3, 0.4) is 0 Å². The molecule has 0 spiro atoms. The fourth-order valence-electron chi connectivity index (χ4n) is 3.52. The molecule has 0 aromatic heterocycles. The van der Waals surface area contributed by atoms with E-state index in [0.29, 0.717) is 5.75 Å². The van der Waals surface area contributed by atoms with Crippen molar-refractivity contribution in [3.8, 4) is 11.5 Å². The Bertz CT molecular complexity index is 845. The van der Waals surface area contributed by atoms with E-state index >= 15 is 0 Å². The van der Waals surface area contributed by atoms with Gasteiger partial charge in [0, 0.05) is 5.41 Å². The quantitative estimate of drug-likeness (QED) is 0.289. The molecular weight excluding hydrogens is 384 g/mol. The van der Waals surface area contributed by atoms with Gasteiger partial charge in [0.2, 0.25) is 0 Å². The van der Waals surface area contributed by atoms with Crippen molar-refractivity contribution < 1.29 is 14.3 Å². The molecule has 0 N–H and O–H groups in total. The monoisotopic (exact) mass is 424 g/mol. The highest BCUT2D eigenvalue weighted by Crippen LogP contribution is 2.37. The van der Waals surface area contributed by atoms with Crippen LogP contribution in [0.1, 0.15) is 92.2 Å². The van der Waals surface area contributed by atoms with Gasteiger partial charge >= 0.3 is 5.97 Å². The molecular formula is C28H40O3. The van der Waals surface area contributed by atoms with E-state index in [2.05, 4.69) is 71.0 Å². The van der Waals surface area contributed by atoms with E-state index in [4.69, 9.17) is 9.47 Å². The Labute approximate surface area is 189 Å². The minimum atomic E-state index is -0.438. The zero-order chi connectivity index (χ0) is 23.3. The lowest BCUT2D eigenvalue weighted by Gasteiger charge is -2.31. The molecule has 1 atom stereocenters. The van der Waals surface area contributed by atoms with Crippen LogP contribution in [0.5, 0.6) is 11.5 Å². The van der Waals surface area contributed by atoms with Gasteiger partial charge in [0.25, 0.3) is 0 Å². The maximum absolute atomic E-state index is 12.6. The zero-order valence-electron chi connectivity index (χ0n) is 20.7. The molecule has 0 aliphatic carbocycles.